The molecule has 0 fully saturated rings. The van der Waals surface area contributed by atoms with E-state index in [2.05, 4.69) is 6.08 Å². The van der Waals surface area contributed by atoms with Gasteiger partial charge in [0.2, 0.25) is 5.91 Å². The second kappa shape index (κ2) is 8.74. The van der Waals surface area contributed by atoms with E-state index in [1.165, 1.54) is 0 Å². The lowest BCUT2D eigenvalue weighted by Gasteiger charge is -2.36. The Balaban J connectivity index is 1.78. The van der Waals surface area contributed by atoms with Crippen molar-refractivity contribution in [2.75, 3.05) is 10.8 Å². The molecule has 2 N–H and O–H groups in total. The number of sulfonamides is 1. The molecule has 0 radical (unpaired) electrons. The SMILES string of the molecule is NC(=O)CC[C@H]1CN(S(=O)(=O)c2cccc(C(F)(F)F)c2)c2cc(C3=CCCC3)ccc2O1. The van der Waals surface area contributed by atoms with Crippen molar-refractivity contribution in [2.24, 2.45) is 5.73 Å². The molecule has 0 saturated heterocycles. The fourth-order valence-corrected chi connectivity index (χ4v) is 5.63. The fourth-order valence-electron chi connectivity index (χ4n) is 4.09. The van der Waals surface area contributed by atoms with Crippen molar-refractivity contribution >= 4 is 27.2 Å². The molecule has 6 nitrogen and oxygen atoms in total. The predicted octanol–water partition coefficient (Wildman–Crippen LogP) is 4.49. The number of fused-ring (bicyclic) bond motifs is 1. The Morgan fingerprint density at radius 2 is 1.97 bits per heavy atom. The van der Waals surface area contributed by atoms with Gasteiger partial charge in [-0.2, -0.15) is 13.2 Å². The number of amides is 1. The number of hydrogen-bond acceptors (Lipinski definition) is 4. The van der Waals surface area contributed by atoms with Gasteiger partial charge in [-0.05, 0) is 67.2 Å². The molecule has 1 aliphatic heterocycles. The maximum atomic E-state index is 13.5. The smallest absolute Gasteiger partial charge is 0.416 e. The third kappa shape index (κ3) is 4.85. The van der Waals surface area contributed by atoms with Crippen molar-refractivity contribution in [2.45, 2.75) is 49.3 Å². The van der Waals surface area contributed by atoms with Crippen LogP contribution in [0.4, 0.5) is 18.9 Å². The molecule has 0 saturated carbocycles. The molecule has 2 aliphatic rings. The number of ether oxygens (including phenoxy) is 1. The Bertz CT molecular complexity index is 1210. The zero-order chi connectivity index (χ0) is 23.8. The monoisotopic (exact) mass is 480 g/mol. The number of alkyl halides is 3. The van der Waals surface area contributed by atoms with E-state index < -0.39 is 38.7 Å². The minimum absolute atomic E-state index is 0.0115. The minimum atomic E-state index is -4.68. The first kappa shape index (κ1) is 23.2. The highest BCUT2D eigenvalue weighted by Gasteiger charge is 2.37. The van der Waals surface area contributed by atoms with Crippen LogP contribution in [-0.4, -0.2) is 27.0 Å². The van der Waals surface area contributed by atoms with Crippen LogP contribution >= 0.6 is 0 Å². The van der Waals surface area contributed by atoms with Crippen LogP contribution in [0, 0.1) is 0 Å². The Morgan fingerprint density at radius 1 is 1.18 bits per heavy atom. The van der Waals surface area contributed by atoms with Crippen LogP contribution in [0.3, 0.4) is 0 Å². The summed E-state index contributed by atoms with van der Waals surface area (Å²) in [6.45, 7) is -0.151. The first-order valence-corrected chi connectivity index (χ1v) is 12.0. The van der Waals surface area contributed by atoms with E-state index in [-0.39, 0.29) is 30.8 Å². The Kier molecular flexibility index (Phi) is 6.13. The molecule has 0 bridgehead atoms. The van der Waals surface area contributed by atoms with Gasteiger partial charge >= 0.3 is 6.18 Å². The highest BCUT2D eigenvalue weighted by atomic mass is 32.2. The van der Waals surface area contributed by atoms with Gasteiger partial charge in [0.05, 0.1) is 22.7 Å². The minimum Gasteiger partial charge on any atom is -0.486 e. The maximum absolute atomic E-state index is 13.5. The van der Waals surface area contributed by atoms with Gasteiger partial charge in [-0.25, -0.2) is 8.42 Å². The maximum Gasteiger partial charge on any atom is 0.416 e. The average Bonchev–Trinajstić information content (AvgIpc) is 3.31. The number of carbonyl (C=O) groups excluding carboxylic acids is 1. The van der Waals surface area contributed by atoms with E-state index in [1.807, 2.05) is 6.07 Å². The van der Waals surface area contributed by atoms with E-state index in [0.29, 0.717) is 6.07 Å². The number of nitrogens with two attached hydrogens (primary N) is 1. The Hall–Kier alpha value is -3.01. The number of benzene rings is 2. The lowest BCUT2D eigenvalue weighted by atomic mass is 10.0. The van der Waals surface area contributed by atoms with Gasteiger partial charge in [-0.1, -0.05) is 18.2 Å². The first-order chi connectivity index (χ1) is 15.6. The molecule has 2 aromatic rings. The van der Waals surface area contributed by atoms with Gasteiger partial charge in [-0.15, -0.1) is 0 Å². The van der Waals surface area contributed by atoms with E-state index >= 15 is 0 Å². The molecule has 33 heavy (non-hydrogen) atoms. The zero-order valence-corrected chi connectivity index (χ0v) is 18.5. The molecule has 2 aromatic carbocycles. The van der Waals surface area contributed by atoms with Crippen molar-refractivity contribution < 1.29 is 31.1 Å². The summed E-state index contributed by atoms with van der Waals surface area (Å²) in [6, 6.07) is 8.86. The molecule has 1 amide bonds. The lowest BCUT2D eigenvalue weighted by Crippen LogP contribution is -2.44. The van der Waals surface area contributed by atoms with Gasteiger partial charge in [0.1, 0.15) is 11.9 Å². The van der Waals surface area contributed by atoms with Crippen LogP contribution in [0.5, 0.6) is 5.75 Å². The standard InChI is InChI=1S/C23H23F3N2O4S/c24-23(25,26)17-6-3-7-19(13-17)33(30,31)28-14-18(9-11-22(27)29)32-21-10-8-16(12-20(21)28)15-4-1-2-5-15/h3-4,6-8,10,12-13,18H,1-2,5,9,11,14H2,(H2,27,29)/t18-/m0/s1. The lowest BCUT2D eigenvalue weighted by molar-refractivity contribution is -0.137. The second-order valence-electron chi connectivity index (χ2n) is 8.11. The van der Waals surface area contributed by atoms with Crippen LogP contribution in [0.1, 0.15) is 43.2 Å². The number of anilines is 1. The van der Waals surface area contributed by atoms with Gasteiger partial charge in [0.15, 0.2) is 0 Å². The number of rotatable bonds is 6. The number of allylic oxidation sites excluding steroid dienone is 2. The molecule has 0 aromatic heterocycles. The van der Waals surface area contributed by atoms with Crippen LogP contribution in [0.15, 0.2) is 53.4 Å². The zero-order valence-electron chi connectivity index (χ0n) is 17.6. The molecule has 0 unspecified atom stereocenters. The Morgan fingerprint density at radius 3 is 2.64 bits per heavy atom. The molecule has 4 rings (SSSR count). The number of carbonyl (C=O) groups is 1. The number of hydrogen-bond donors (Lipinski definition) is 1. The Labute approximate surface area is 189 Å². The summed E-state index contributed by atoms with van der Waals surface area (Å²) in [5, 5.41) is 0. The van der Waals surface area contributed by atoms with Crippen LogP contribution < -0.4 is 14.8 Å². The number of halogens is 3. The number of primary amides is 1. The van der Waals surface area contributed by atoms with Crippen molar-refractivity contribution in [3.05, 3.63) is 59.7 Å². The average molecular weight is 481 g/mol. The number of nitrogens with zero attached hydrogens (tertiary/aromatic N) is 1. The fraction of sp³-hybridized carbons (Fsp3) is 0.348. The van der Waals surface area contributed by atoms with E-state index in [0.717, 1.165) is 52.9 Å². The van der Waals surface area contributed by atoms with Crippen LogP contribution in [-0.2, 0) is 21.0 Å². The van der Waals surface area contributed by atoms with Gasteiger partial charge < -0.3 is 10.5 Å². The summed E-state index contributed by atoms with van der Waals surface area (Å²) in [7, 11) is -4.35. The summed E-state index contributed by atoms with van der Waals surface area (Å²) in [5.74, 6) is -0.270. The molecular weight excluding hydrogens is 457 g/mol. The summed E-state index contributed by atoms with van der Waals surface area (Å²) in [4.78, 5) is 10.8. The second-order valence-corrected chi connectivity index (χ2v) is 9.97. The molecule has 1 atom stereocenters. The van der Waals surface area contributed by atoms with Crippen LogP contribution in [0.2, 0.25) is 0 Å². The highest BCUT2D eigenvalue weighted by molar-refractivity contribution is 7.92. The highest BCUT2D eigenvalue weighted by Crippen LogP contribution is 2.41. The summed E-state index contributed by atoms with van der Waals surface area (Å²) < 4.78 is 73.8. The third-order valence-electron chi connectivity index (χ3n) is 5.76. The van der Waals surface area contributed by atoms with Gasteiger partial charge in [0.25, 0.3) is 10.0 Å². The molecule has 0 spiro atoms. The van der Waals surface area contributed by atoms with E-state index in [1.54, 1.807) is 12.1 Å². The van der Waals surface area contributed by atoms with Crippen molar-refractivity contribution in [1.82, 2.24) is 0 Å². The van der Waals surface area contributed by atoms with Crippen molar-refractivity contribution in [1.29, 1.82) is 0 Å². The summed E-state index contributed by atoms with van der Waals surface area (Å²) in [5.41, 5.74) is 6.36. The van der Waals surface area contributed by atoms with Crippen molar-refractivity contribution in [3.63, 3.8) is 0 Å². The molecular formula is C23H23F3N2O4S. The third-order valence-corrected chi connectivity index (χ3v) is 7.54. The summed E-state index contributed by atoms with van der Waals surface area (Å²) >= 11 is 0. The van der Waals surface area contributed by atoms with E-state index in [4.69, 9.17) is 10.5 Å². The topological polar surface area (TPSA) is 89.7 Å². The first-order valence-electron chi connectivity index (χ1n) is 10.5. The van der Waals surface area contributed by atoms with Crippen LogP contribution in [0.25, 0.3) is 5.57 Å². The quantitative estimate of drug-likeness (QED) is 0.660. The largest absolute Gasteiger partial charge is 0.486 e. The predicted molar refractivity (Wildman–Crippen MR) is 117 cm³/mol. The molecule has 1 heterocycles. The molecule has 1 aliphatic carbocycles. The van der Waals surface area contributed by atoms with Gasteiger partial charge in [-0.3, -0.25) is 9.10 Å². The molecule has 10 heteroatoms. The van der Waals surface area contributed by atoms with Crippen molar-refractivity contribution in [3.8, 4) is 5.75 Å². The molecule has 176 valence electrons. The summed E-state index contributed by atoms with van der Waals surface area (Å²) in [6.07, 6.45) is -0.302. The normalized spacial score (nSPS) is 18.5. The van der Waals surface area contributed by atoms with Gasteiger partial charge in [0, 0.05) is 6.42 Å². The van der Waals surface area contributed by atoms with E-state index in [9.17, 15) is 26.4 Å².